The highest BCUT2D eigenvalue weighted by molar-refractivity contribution is 5.66. The molecule has 1 atom stereocenters. The molecule has 0 aliphatic rings. The van der Waals surface area contributed by atoms with Gasteiger partial charge in [0, 0.05) is 25.6 Å². The minimum Gasteiger partial charge on any atom is -0.446 e. The fourth-order valence-corrected chi connectivity index (χ4v) is 1.48. The van der Waals surface area contributed by atoms with Gasteiger partial charge in [-0.05, 0) is 27.7 Å². The fourth-order valence-electron chi connectivity index (χ4n) is 1.48. The largest absolute Gasteiger partial charge is 0.446 e. The number of ether oxygens (including phenoxy) is 1. The summed E-state index contributed by atoms with van der Waals surface area (Å²) in [6.45, 7) is 10.3. The minimum absolute atomic E-state index is 0.329. The van der Waals surface area contributed by atoms with E-state index in [0.717, 1.165) is 0 Å². The Morgan fingerprint density at radius 2 is 1.71 bits per heavy atom. The summed E-state index contributed by atoms with van der Waals surface area (Å²) in [5.74, 6) is -0.329. The van der Waals surface area contributed by atoms with Gasteiger partial charge >= 0.3 is 5.97 Å². The lowest BCUT2D eigenvalue weighted by atomic mass is 10.2. The molecule has 14 heavy (non-hydrogen) atoms. The molecule has 0 saturated heterocycles. The van der Waals surface area contributed by atoms with Crippen molar-refractivity contribution in [2.24, 2.45) is 5.73 Å². The second kappa shape index (κ2) is 5.98. The van der Waals surface area contributed by atoms with Crippen LogP contribution in [0.1, 0.15) is 34.6 Å². The third-order valence-electron chi connectivity index (χ3n) is 2.03. The lowest BCUT2D eigenvalue weighted by Crippen LogP contribution is -2.46. The van der Waals surface area contributed by atoms with Crippen LogP contribution < -0.4 is 5.73 Å². The second-order valence-corrected chi connectivity index (χ2v) is 4.03. The highest BCUT2D eigenvalue weighted by Gasteiger charge is 2.17. The maximum atomic E-state index is 10.7. The lowest BCUT2D eigenvalue weighted by molar-refractivity contribution is -0.147. The van der Waals surface area contributed by atoms with E-state index in [1.54, 1.807) is 0 Å². The summed E-state index contributed by atoms with van der Waals surface area (Å²) in [7, 11) is 0. The molecule has 1 unspecified atom stereocenters. The van der Waals surface area contributed by atoms with Gasteiger partial charge in [-0.25, -0.2) is 0 Å². The lowest BCUT2D eigenvalue weighted by Gasteiger charge is -2.32. The first-order valence-electron chi connectivity index (χ1n) is 5.03. The smallest absolute Gasteiger partial charge is 0.304 e. The number of carbonyl (C=O) groups excluding carboxylic acids is 1. The first-order valence-corrected chi connectivity index (χ1v) is 5.03. The second-order valence-electron chi connectivity index (χ2n) is 4.03. The van der Waals surface area contributed by atoms with E-state index >= 15 is 0 Å². The molecule has 0 aliphatic heterocycles. The first-order chi connectivity index (χ1) is 6.34. The summed E-state index contributed by atoms with van der Waals surface area (Å²) in [6, 6.07) is 0.799. The third-order valence-corrected chi connectivity index (χ3v) is 2.03. The summed E-state index contributed by atoms with van der Waals surface area (Å²) >= 11 is 0. The van der Waals surface area contributed by atoms with Gasteiger partial charge in [-0.15, -0.1) is 0 Å². The van der Waals surface area contributed by atoms with Crippen LogP contribution in [0.2, 0.25) is 0 Å². The van der Waals surface area contributed by atoms with Crippen LogP contribution in [0.15, 0.2) is 0 Å². The molecule has 84 valence electrons. The van der Waals surface area contributed by atoms with Crippen molar-refractivity contribution in [3.63, 3.8) is 0 Å². The molecule has 0 aliphatic carbocycles. The molecule has 0 fully saturated rings. The standard InChI is InChI=1S/C10H22N2O2/c1-7(2)12(8(3)4)6-10(11)14-9(5)13/h7-8,10H,6,11H2,1-5H3. The maximum absolute atomic E-state index is 10.7. The van der Waals surface area contributed by atoms with E-state index in [1.807, 2.05) is 0 Å². The molecular weight excluding hydrogens is 180 g/mol. The number of hydrogen-bond acceptors (Lipinski definition) is 4. The summed E-state index contributed by atoms with van der Waals surface area (Å²) in [5, 5.41) is 0. The molecule has 0 bridgehead atoms. The van der Waals surface area contributed by atoms with Gasteiger partial charge in [0.1, 0.15) is 0 Å². The molecule has 4 nitrogen and oxygen atoms in total. The molecule has 0 aromatic rings. The number of nitrogens with two attached hydrogens (primary N) is 1. The van der Waals surface area contributed by atoms with Gasteiger partial charge < -0.3 is 4.74 Å². The minimum atomic E-state index is -0.530. The summed E-state index contributed by atoms with van der Waals surface area (Å²) in [6.07, 6.45) is -0.530. The molecule has 0 saturated carbocycles. The Morgan fingerprint density at radius 1 is 1.29 bits per heavy atom. The maximum Gasteiger partial charge on any atom is 0.304 e. The highest BCUT2D eigenvalue weighted by Crippen LogP contribution is 2.05. The quantitative estimate of drug-likeness (QED) is 0.533. The summed E-state index contributed by atoms with van der Waals surface area (Å²) < 4.78 is 4.88. The number of esters is 1. The van der Waals surface area contributed by atoms with E-state index in [0.29, 0.717) is 18.6 Å². The molecule has 0 spiro atoms. The van der Waals surface area contributed by atoms with Gasteiger partial charge in [-0.1, -0.05) is 0 Å². The van der Waals surface area contributed by atoms with Crippen LogP contribution in [0.4, 0.5) is 0 Å². The van der Waals surface area contributed by atoms with Crippen LogP contribution in [0.3, 0.4) is 0 Å². The molecule has 0 heterocycles. The van der Waals surface area contributed by atoms with Gasteiger partial charge in [0.15, 0.2) is 6.23 Å². The van der Waals surface area contributed by atoms with Crippen LogP contribution in [-0.2, 0) is 9.53 Å². The van der Waals surface area contributed by atoms with E-state index in [2.05, 4.69) is 32.6 Å². The average Bonchev–Trinajstić information content (AvgIpc) is 1.97. The molecule has 0 aromatic heterocycles. The zero-order valence-corrected chi connectivity index (χ0v) is 9.78. The molecule has 0 radical (unpaired) electrons. The molecule has 0 amide bonds. The van der Waals surface area contributed by atoms with Crippen LogP contribution in [0, 0.1) is 0 Å². The third kappa shape index (κ3) is 5.19. The van der Waals surface area contributed by atoms with E-state index < -0.39 is 6.23 Å². The first kappa shape index (κ1) is 13.4. The van der Waals surface area contributed by atoms with Gasteiger partial charge in [0.05, 0.1) is 0 Å². The zero-order valence-electron chi connectivity index (χ0n) is 9.78. The Hall–Kier alpha value is -0.610. The van der Waals surface area contributed by atoms with Crippen LogP contribution in [0.5, 0.6) is 0 Å². The number of hydrogen-bond donors (Lipinski definition) is 1. The Balaban J connectivity index is 4.09. The monoisotopic (exact) mass is 202 g/mol. The molecule has 0 aromatic carbocycles. The topological polar surface area (TPSA) is 55.6 Å². The molecular formula is C10H22N2O2. The highest BCUT2D eigenvalue weighted by atomic mass is 16.6. The van der Waals surface area contributed by atoms with Crippen LogP contribution in [0.25, 0.3) is 0 Å². The van der Waals surface area contributed by atoms with Crippen molar-refractivity contribution < 1.29 is 9.53 Å². The Kier molecular flexibility index (Phi) is 5.72. The van der Waals surface area contributed by atoms with Crippen molar-refractivity contribution in [3.05, 3.63) is 0 Å². The number of rotatable bonds is 5. The van der Waals surface area contributed by atoms with E-state index in [-0.39, 0.29) is 5.97 Å². The van der Waals surface area contributed by atoms with E-state index in [1.165, 1.54) is 6.92 Å². The Bertz CT molecular complexity index is 173. The van der Waals surface area contributed by atoms with Crippen LogP contribution in [-0.4, -0.2) is 35.7 Å². The van der Waals surface area contributed by atoms with E-state index in [4.69, 9.17) is 10.5 Å². The molecule has 2 N–H and O–H groups in total. The van der Waals surface area contributed by atoms with Gasteiger partial charge in [0.25, 0.3) is 0 Å². The van der Waals surface area contributed by atoms with Crippen molar-refractivity contribution in [2.75, 3.05) is 6.54 Å². The Morgan fingerprint density at radius 3 is 2.00 bits per heavy atom. The SMILES string of the molecule is CC(=O)OC(N)CN(C(C)C)C(C)C. The van der Waals surface area contributed by atoms with Crippen molar-refractivity contribution in [1.29, 1.82) is 0 Å². The molecule has 0 rings (SSSR count). The van der Waals surface area contributed by atoms with Crippen molar-refractivity contribution >= 4 is 5.97 Å². The summed E-state index contributed by atoms with van der Waals surface area (Å²) in [4.78, 5) is 12.8. The van der Waals surface area contributed by atoms with Gasteiger partial charge in [-0.2, -0.15) is 0 Å². The van der Waals surface area contributed by atoms with Crippen LogP contribution >= 0.6 is 0 Å². The van der Waals surface area contributed by atoms with Crippen molar-refractivity contribution in [3.8, 4) is 0 Å². The number of carbonyl (C=O) groups is 1. The van der Waals surface area contributed by atoms with Gasteiger partial charge in [-0.3, -0.25) is 15.4 Å². The number of nitrogens with zero attached hydrogens (tertiary/aromatic N) is 1. The average molecular weight is 202 g/mol. The van der Waals surface area contributed by atoms with Crippen molar-refractivity contribution in [2.45, 2.75) is 52.9 Å². The zero-order chi connectivity index (χ0) is 11.3. The Labute approximate surface area is 86.4 Å². The fraction of sp³-hybridized carbons (Fsp3) is 0.900. The molecule has 4 heteroatoms. The van der Waals surface area contributed by atoms with E-state index in [9.17, 15) is 4.79 Å². The normalized spacial score (nSPS) is 13.8. The summed E-state index contributed by atoms with van der Waals surface area (Å²) in [5.41, 5.74) is 5.67. The van der Waals surface area contributed by atoms with Gasteiger partial charge in [0.2, 0.25) is 0 Å². The van der Waals surface area contributed by atoms with Crippen molar-refractivity contribution in [1.82, 2.24) is 4.90 Å². The predicted octanol–water partition coefficient (Wildman–Crippen LogP) is 0.953. The predicted molar refractivity (Wildman–Crippen MR) is 56.7 cm³/mol.